The number of nitrogens with one attached hydrogen (secondary N) is 2. The summed E-state index contributed by atoms with van der Waals surface area (Å²) in [5.41, 5.74) is 6.93. The predicted octanol–water partition coefficient (Wildman–Crippen LogP) is 1.01. The third-order valence-corrected chi connectivity index (χ3v) is 3.57. The molecule has 2 heterocycles. The fourth-order valence-electron chi connectivity index (χ4n) is 2.29. The lowest BCUT2D eigenvalue weighted by molar-refractivity contribution is -0.124. The van der Waals surface area contributed by atoms with Gasteiger partial charge in [-0.05, 0) is 25.0 Å². The summed E-state index contributed by atoms with van der Waals surface area (Å²) < 4.78 is 5.25. The van der Waals surface area contributed by atoms with Crippen molar-refractivity contribution in [2.75, 3.05) is 18.5 Å². The van der Waals surface area contributed by atoms with Gasteiger partial charge in [0.2, 0.25) is 5.91 Å². The van der Waals surface area contributed by atoms with Crippen molar-refractivity contribution >= 4 is 22.5 Å². The lowest BCUT2D eigenvalue weighted by Gasteiger charge is -2.31. The van der Waals surface area contributed by atoms with Gasteiger partial charge in [0.05, 0.1) is 17.4 Å². The van der Waals surface area contributed by atoms with Crippen molar-refractivity contribution in [2.24, 2.45) is 5.73 Å². The van der Waals surface area contributed by atoms with Crippen LogP contribution in [0.3, 0.4) is 0 Å². The van der Waals surface area contributed by atoms with Crippen LogP contribution in [0.2, 0.25) is 0 Å². The Morgan fingerprint density at radius 3 is 3.00 bits per heavy atom. The summed E-state index contributed by atoms with van der Waals surface area (Å²) in [7, 11) is 0. The van der Waals surface area contributed by atoms with E-state index in [4.69, 9.17) is 10.5 Å². The molecule has 6 heteroatoms. The predicted molar refractivity (Wildman–Crippen MR) is 71.7 cm³/mol. The smallest absolute Gasteiger partial charge is 0.244 e. The van der Waals surface area contributed by atoms with Crippen LogP contribution in [0, 0.1) is 0 Å². The van der Waals surface area contributed by atoms with Crippen LogP contribution in [-0.2, 0) is 9.53 Å². The van der Waals surface area contributed by atoms with E-state index in [0.717, 1.165) is 16.6 Å². The van der Waals surface area contributed by atoms with Crippen molar-refractivity contribution in [3.8, 4) is 0 Å². The Morgan fingerprint density at radius 2 is 2.21 bits per heavy atom. The third kappa shape index (κ3) is 2.20. The van der Waals surface area contributed by atoms with E-state index in [1.54, 1.807) is 6.20 Å². The summed E-state index contributed by atoms with van der Waals surface area (Å²) >= 11 is 0. The summed E-state index contributed by atoms with van der Waals surface area (Å²) in [6.07, 6.45) is 2.78. The first kappa shape index (κ1) is 12.1. The van der Waals surface area contributed by atoms with E-state index >= 15 is 0 Å². The second-order valence-corrected chi connectivity index (χ2v) is 4.86. The van der Waals surface area contributed by atoms with Gasteiger partial charge in [-0.25, -0.2) is 0 Å². The molecule has 0 spiro atoms. The minimum Gasteiger partial charge on any atom is -0.381 e. The van der Waals surface area contributed by atoms with E-state index in [1.807, 2.05) is 18.2 Å². The van der Waals surface area contributed by atoms with Gasteiger partial charge in [0.15, 0.2) is 0 Å². The molecule has 0 unspecified atom stereocenters. The molecule has 3 rings (SSSR count). The van der Waals surface area contributed by atoms with E-state index in [-0.39, 0.29) is 5.91 Å². The van der Waals surface area contributed by atoms with E-state index in [9.17, 15) is 4.79 Å². The molecule has 6 nitrogen and oxygen atoms in total. The molecule has 0 aliphatic carbocycles. The van der Waals surface area contributed by atoms with Crippen molar-refractivity contribution in [2.45, 2.75) is 18.4 Å². The highest BCUT2D eigenvalue weighted by molar-refractivity contribution is 6.04. The number of carbonyl (C=O) groups is 1. The first-order valence-electron chi connectivity index (χ1n) is 6.29. The zero-order chi connectivity index (χ0) is 13.3. The Labute approximate surface area is 110 Å². The molecule has 1 aromatic carbocycles. The third-order valence-electron chi connectivity index (χ3n) is 3.57. The molecular formula is C13H16N4O2. The second-order valence-electron chi connectivity index (χ2n) is 4.86. The van der Waals surface area contributed by atoms with Crippen LogP contribution < -0.4 is 11.1 Å². The van der Waals surface area contributed by atoms with Crippen LogP contribution in [0.4, 0.5) is 5.69 Å². The minimum absolute atomic E-state index is 0.162. The molecule has 0 saturated carbocycles. The average molecular weight is 260 g/mol. The van der Waals surface area contributed by atoms with Gasteiger partial charge >= 0.3 is 0 Å². The van der Waals surface area contributed by atoms with Gasteiger partial charge in [0.1, 0.15) is 5.54 Å². The maximum atomic E-state index is 12.3. The Hall–Kier alpha value is -1.92. The Bertz CT molecular complexity index is 601. The molecule has 19 heavy (non-hydrogen) atoms. The summed E-state index contributed by atoms with van der Waals surface area (Å²) in [5.74, 6) is -0.162. The number of hydrogen-bond acceptors (Lipinski definition) is 4. The van der Waals surface area contributed by atoms with Crippen LogP contribution in [0.5, 0.6) is 0 Å². The number of nitrogens with zero attached hydrogens (tertiary/aromatic N) is 1. The molecule has 1 amide bonds. The summed E-state index contributed by atoms with van der Waals surface area (Å²) in [6, 6.07) is 5.62. The van der Waals surface area contributed by atoms with Crippen LogP contribution in [0.15, 0.2) is 24.4 Å². The Morgan fingerprint density at radius 1 is 1.42 bits per heavy atom. The molecule has 100 valence electrons. The number of amides is 1. The molecule has 1 aromatic heterocycles. The van der Waals surface area contributed by atoms with Gasteiger partial charge in [-0.3, -0.25) is 9.89 Å². The molecule has 1 saturated heterocycles. The van der Waals surface area contributed by atoms with Crippen molar-refractivity contribution in [3.63, 3.8) is 0 Å². The fraction of sp³-hybridized carbons (Fsp3) is 0.385. The Kier molecular flexibility index (Phi) is 2.96. The lowest BCUT2D eigenvalue weighted by Crippen LogP contribution is -2.54. The van der Waals surface area contributed by atoms with Crippen LogP contribution in [0.1, 0.15) is 12.8 Å². The van der Waals surface area contributed by atoms with Gasteiger partial charge < -0.3 is 15.8 Å². The molecule has 2 aromatic rings. The molecule has 0 atom stereocenters. The maximum absolute atomic E-state index is 12.3. The topological polar surface area (TPSA) is 93.0 Å². The van der Waals surface area contributed by atoms with Gasteiger partial charge in [-0.2, -0.15) is 5.10 Å². The highest BCUT2D eigenvalue weighted by Gasteiger charge is 2.36. The maximum Gasteiger partial charge on any atom is 0.244 e. The van der Waals surface area contributed by atoms with E-state index < -0.39 is 5.54 Å². The standard InChI is InChI=1S/C13H16N4O2/c14-13(4-6-19-7-5-13)12(18)16-10-2-1-3-11-9(10)8-15-17-11/h1-3,8H,4-7,14H2,(H,15,17)(H,16,18). The number of anilines is 1. The van der Waals surface area contributed by atoms with E-state index in [0.29, 0.717) is 26.1 Å². The highest BCUT2D eigenvalue weighted by Crippen LogP contribution is 2.24. The number of rotatable bonds is 2. The first-order chi connectivity index (χ1) is 9.19. The monoisotopic (exact) mass is 260 g/mol. The van der Waals surface area contributed by atoms with Crippen molar-refractivity contribution in [1.82, 2.24) is 10.2 Å². The van der Waals surface area contributed by atoms with Crippen molar-refractivity contribution in [3.05, 3.63) is 24.4 Å². The average Bonchev–Trinajstić information content (AvgIpc) is 2.89. The number of ether oxygens (including phenoxy) is 1. The zero-order valence-corrected chi connectivity index (χ0v) is 10.5. The van der Waals surface area contributed by atoms with Crippen molar-refractivity contribution < 1.29 is 9.53 Å². The number of nitrogens with two attached hydrogens (primary N) is 1. The number of aromatic nitrogens is 2. The molecule has 0 radical (unpaired) electrons. The summed E-state index contributed by atoms with van der Waals surface area (Å²) in [6.45, 7) is 1.06. The number of benzene rings is 1. The van der Waals surface area contributed by atoms with Crippen LogP contribution >= 0.6 is 0 Å². The SMILES string of the molecule is NC1(C(=O)Nc2cccc3[nH]ncc23)CCOCC1. The number of fused-ring (bicyclic) bond motifs is 1. The van der Waals surface area contributed by atoms with Gasteiger partial charge in [0.25, 0.3) is 0 Å². The first-order valence-corrected chi connectivity index (χ1v) is 6.29. The highest BCUT2D eigenvalue weighted by atomic mass is 16.5. The number of carbonyl (C=O) groups excluding carboxylic acids is 1. The molecule has 4 N–H and O–H groups in total. The normalized spacial score (nSPS) is 18.4. The van der Waals surface area contributed by atoms with E-state index in [2.05, 4.69) is 15.5 Å². The number of H-pyrrole nitrogens is 1. The second kappa shape index (κ2) is 4.64. The van der Waals surface area contributed by atoms with Crippen molar-refractivity contribution in [1.29, 1.82) is 0 Å². The minimum atomic E-state index is -0.843. The van der Waals surface area contributed by atoms with E-state index in [1.165, 1.54) is 0 Å². The van der Waals surface area contributed by atoms with Gasteiger partial charge in [-0.15, -0.1) is 0 Å². The largest absolute Gasteiger partial charge is 0.381 e. The fourth-order valence-corrected chi connectivity index (χ4v) is 2.29. The summed E-state index contributed by atoms with van der Waals surface area (Å²) in [5, 5.41) is 10.6. The quantitative estimate of drug-likeness (QED) is 0.751. The molecule has 1 aliphatic heterocycles. The molecule has 0 bridgehead atoms. The molecule has 1 fully saturated rings. The van der Waals surface area contributed by atoms with Gasteiger partial charge in [0, 0.05) is 18.6 Å². The van der Waals surface area contributed by atoms with Crippen LogP contribution in [0.25, 0.3) is 10.9 Å². The number of hydrogen-bond donors (Lipinski definition) is 3. The molecule has 1 aliphatic rings. The van der Waals surface area contributed by atoms with Crippen LogP contribution in [-0.4, -0.2) is 34.9 Å². The van der Waals surface area contributed by atoms with Gasteiger partial charge in [-0.1, -0.05) is 6.07 Å². The zero-order valence-electron chi connectivity index (χ0n) is 10.5. The number of aromatic amines is 1. The Balaban J connectivity index is 1.84. The lowest BCUT2D eigenvalue weighted by atomic mass is 9.90. The molecular weight excluding hydrogens is 244 g/mol. The summed E-state index contributed by atoms with van der Waals surface area (Å²) in [4.78, 5) is 12.3.